The number of hydrogen-bond acceptors (Lipinski definition) is 2. The minimum absolute atomic E-state index is 0.0516. The van der Waals surface area contributed by atoms with Crippen LogP contribution in [-0.4, -0.2) is 18.2 Å². The third-order valence-corrected chi connectivity index (χ3v) is 3.24. The molecule has 4 heteroatoms. The Labute approximate surface area is 113 Å². The number of carbonyl (C=O) groups is 2. The van der Waals surface area contributed by atoms with Gasteiger partial charge in [-0.3, -0.25) is 9.59 Å². The number of anilines is 1. The number of benzene rings is 1. The second-order valence-electron chi connectivity index (χ2n) is 5.03. The van der Waals surface area contributed by atoms with Gasteiger partial charge in [0.15, 0.2) is 0 Å². The Morgan fingerprint density at radius 2 is 1.89 bits per heavy atom. The molecule has 0 N–H and O–H groups in total. The second kappa shape index (κ2) is 5.53. The van der Waals surface area contributed by atoms with Gasteiger partial charge in [-0.1, -0.05) is 31.5 Å². The van der Waals surface area contributed by atoms with Crippen LogP contribution in [0.5, 0.6) is 0 Å². The van der Waals surface area contributed by atoms with Crippen LogP contribution in [0.1, 0.15) is 27.7 Å². The molecule has 0 atom stereocenters. The van der Waals surface area contributed by atoms with E-state index in [4.69, 9.17) is 11.6 Å². The van der Waals surface area contributed by atoms with Crippen LogP contribution < -0.4 is 4.90 Å². The Morgan fingerprint density at radius 1 is 1.28 bits per heavy atom. The van der Waals surface area contributed by atoms with E-state index in [2.05, 4.69) is 0 Å². The molecule has 0 heterocycles. The molecule has 0 radical (unpaired) electrons. The summed E-state index contributed by atoms with van der Waals surface area (Å²) in [7, 11) is 0. The van der Waals surface area contributed by atoms with Crippen molar-refractivity contribution in [3.63, 3.8) is 0 Å². The minimum atomic E-state index is -0.575. The van der Waals surface area contributed by atoms with E-state index in [0.29, 0.717) is 17.3 Å². The first-order valence-corrected chi connectivity index (χ1v) is 6.16. The molecule has 0 saturated heterocycles. The number of ketones is 1. The normalized spacial score (nSPS) is 11.2. The summed E-state index contributed by atoms with van der Waals surface area (Å²) in [5, 5.41) is 0.569. The molecule has 0 aliphatic carbocycles. The van der Waals surface area contributed by atoms with E-state index in [9.17, 15) is 9.59 Å². The van der Waals surface area contributed by atoms with E-state index in [1.165, 1.54) is 13.8 Å². The topological polar surface area (TPSA) is 37.4 Å². The molecule has 18 heavy (non-hydrogen) atoms. The maximum absolute atomic E-state index is 11.7. The van der Waals surface area contributed by atoms with Crippen molar-refractivity contribution in [2.24, 2.45) is 5.41 Å². The zero-order chi connectivity index (χ0) is 13.9. The van der Waals surface area contributed by atoms with Crippen molar-refractivity contribution in [1.82, 2.24) is 0 Å². The van der Waals surface area contributed by atoms with E-state index in [1.807, 2.05) is 19.9 Å². The average Bonchev–Trinajstić information content (AvgIpc) is 2.25. The molecule has 1 aromatic carbocycles. The highest BCUT2D eigenvalue weighted by atomic mass is 35.5. The van der Waals surface area contributed by atoms with Gasteiger partial charge in [0.25, 0.3) is 0 Å². The smallest absolute Gasteiger partial charge is 0.223 e. The largest absolute Gasteiger partial charge is 0.312 e. The Balaban J connectivity index is 3.05. The van der Waals surface area contributed by atoms with Crippen molar-refractivity contribution in [2.75, 3.05) is 11.4 Å². The van der Waals surface area contributed by atoms with Gasteiger partial charge < -0.3 is 4.90 Å². The second-order valence-corrected chi connectivity index (χ2v) is 5.46. The van der Waals surface area contributed by atoms with E-state index in [1.54, 1.807) is 23.1 Å². The highest BCUT2D eigenvalue weighted by Gasteiger charge is 2.28. The monoisotopic (exact) mass is 267 g/mol. The summed E-state index contributed by atoms with van der Waals surface area (Å²) < 4.78 is 0. The van der Waals surface area contributed by atoms with Gasteiger partial charge in [0.2, 0.25) is 5.91 Å². The van der Waals surface area contributed by atoms with Crippen LogP contribution in [0, 0.1) is 5.41 Å². The third kappa shape index (κ3) is 3.57. The molecule has 0 aliphatic rings. The quantitative estimate of drug-likeness (QED) is 0.839. The fourth-order valence-corrected chi connectivity index (χ4v) is 1.72. The summed E-state index contributed by atoms with van der Waals surface area (Å²) in [6, 6.07) is 7.07. The molecule has 1 aromatic rings. The minimum Gasteiger partial charge on any atom is -0.312 e. The van der Waals surface area contributed by atoms with Gasteiger partial charge in [0.1, 0.15) is 5.78 Å². The number of carbonyl (C=O) groups excluding carboxylic acids is 2. The number of rotatable bonds is 4. The predicted molar refractivity (Wildman–Crippen MR) is 73.9 cm³/mol. The van der Waals surface area contributed by atoms with Crippen LogP contribution in [-0.2, 0) is 9.59 Å². The zero-order valence-corrected chi connectivity index (χ0v) is 11.9. The first-order chi connectivity index (χ1) is 8.24. The summed E-state index contributed by atoms with van der Waals surface area (Å²) in [5.41, 5.74) is 0.137. The highest BCUT2D eigenvalue weighted by Crippen LogP contribution is 2.25. The molecule has 0 bridgehead atoms. The van der Waals surface area contributed by atoms with Crippen LogP contribution in [0.2, 0.25) is 5.02 Å². The summed E-state index contributed by atoms with van der Waals surface area (Å²) >= 11 is 5.92. The summed E-state index contributed by atoms with van der Waals surface area (Å²) in [5.74, 6) is -0.0534. The molecule has 0 aromatic heterocycles. The van der Waals surface area contributed by atoms with Crippen LogP contribution in [0.15, 0.2) is 24.3 Å². The van der Waals surface area contributed by atoms with Crippen molar-refractivity contribution in [1.29, 1.82) is 0 Å². The van der Waals surface area contributed by atoms with E-state index < -0.39 is 5.41 Å². The molecule has 3 nitrogen and oxygen atoms in total. The van der Waals surface area contributed by atoms with Crippen molar-refractivity contribution in [3.05, 3.63) is 29.3 Å². The molecule has 0 fully saturated rings. The van der Waals surface area contributed by atoms with Gasteiger partial charge in [0.05, 0.1) is 0 Å². The van der Waals surface area contributed by atoms with Crippen molar-refractivity contribution >= 4 is 29.0 Å². The fourth-order valence-electron chi connectivity index (χ4n) is 1.54. The molecule has 1 amide bonds. The van der Waals surface area contributed by atoms with Gasteiger partial charge in [-0.05, 0) is 25.1 Å². The summed E-state index contributed by atoms with van der Waals surface area (Å²) in [6.45, 7) is 7.02. The van der Waals surface area contributed by atoms with Crippen LogP contribution >= 0.6 is 11.6 Å². The maximum Gasteiger partial charge on any atom is 0.223 e. The summed E-state index contributed by atoms with van der Waals surface area (Å²) in [6.07, 6.45) is 0. The predicted octanol–water partition coefficient (Wildman–Crippen LogP) is 3.31. The van der Waals surface area contributed by atoms with E-state index in [0.717, 1.165) is 0 Å². The Bertz CT molecular complexity index is 469. The molecule has 98 valence electrons. The number of Topliss-reactive ketones (excluding diaryl/α,β-unsaturated/α-hetero) is 1. The van der Waals surface area contributed by atoms with Crippen molar-refractivity contribution < 1.29 is 9.59 Å². The number of halogens is 1. The Hall–Kier alpha value is -1.35. The van der Waals surface area contributed by atoms with Crippen molar-refractivity contribution in [2.45, 2.75) is 27.7 Å². The van der Waals surface area contributed by atoms with Crippen LogP contribution in [0.3, 0.4) is 0 Å². The molecular formula is C14H18ClNO2. The Morgan fingerprint density at radius 3 is 2.33 bits per heavy atom. The molecule has 1 rings (SSSR count). The summed E-state index contributed by atoms with van der Waals surface area (Å²) in [4.78, 5) is 24.9. The molecular weight excluding hydrogens is 250 g/mol. The van der Waals surface area contributed by atoms with Gasteiger partial charge in [-0.15, -0.1) is 0 Å². The fraction of sp³-hybridized carbons (Fsp3) is 0.429. The number of nitrogens with zero attached hydrogens (tertiary/aromatic N) is 1. The van der Waals surface area contributed by atoms with Crippen LogP contribution in [0.4, 0.5) is 5.69 Å². The lowest BCUT2D eigenvalue weighted by Gasteiger charge is -2.30. The molecule has 0 unspecified atom stereocenters. The molecule has 0 saturated carbocycles. The number of amides is 1. The maximum atomic E-state index is 11.7. The van der Waals surface area contributed by atoms with E-state index in [-0.39, 0.29) is 11.7 Å². The van der Waals surface area contributed by atoms with Gasteiger partial charge >= 0.3 is 0 Å². The van der Waals surface area contributed by atoms with Crippen LogP contribution in [0.25, 0.3) is 0 Å². The standard InChI is InChI=1S/C14H18ClNO2/c1-10(17)14(3,4)9-16(11(2)18)13-7-5-6-12(15)8-13/h5-8H,9H2,1-4H3. The Kier molecular flexibility index (Phi) is 4.52. The highest BCUT2D eigenvalue weighted by molar-refractivity contribution is 6.30. The lowest BCUT2D eigenvalue weighted by molar-refractivity contribution is -0.124. The first kappa shape index (κ1) is 14.7. The number of hydrogen-bond donors (Lipinski definition) is 0. The lowest BCUT2D eigenvalue weighted by Crippen LogP contribution is -2.41. The van der Waals surface area contributed by atoms with E-state index >= 15 is 0 Å². The van der Waals surface area contributed by atoms with Gasteiger partial charge in [0, 0.05) is 29.6 Å². The molecule has 0 aliphatic heterocycles. The van der Waals surface area contributed by atoms with Crippen molar-refractivity contribution in [3.8, 4) is 0 Å². The third-order valence-electron chi connectivity index (χ3n) is 3.01. The van der Waals surface area contributed by atoms with Gasteiger partial charge in [-0.2, -0.15) is 0 Å². The van der Waals surface area contributed by atoms with Gasteiger partial charge in [-0.25, -0.2) is 0 Å². The molecule has 0 spiro atoms. The zero-order valence-electron chi connectivity index (χ0n) is 11.2. The SMILES string of the molecule is CC(=O)N(CC(C)(C)C(C)=O)c1cccc(Cl)c1. The average molecular weight is 268 g/mol. The lowest BCUT2D eigenvalue weighted by atomic mass is 9.88. The first-order valence-electron chi connectivity index (χ1n) is 5.79.